The molecule has 9 heteroatoms. The molecule has 0 saturated carbocycles. The fourth-order valence-electron chi connectivity index (χ4n) is 2.56. The Morgan fingerprint density at radius 1 is 1.15 bits per heavy atom. The highest BCUT2D eigenvalue weighted by Crippen LogP contribution is 2.34. The zero-order chi connectivity index (χ0) is 19.1. The lowest BCUT2D eigenvalue weighted by Crippen LogP contribution is -2.26. The van der Waals surface area contributed by atoms with Crippen LogP contribution < -0.4 is 5.32 Å². The van der Waals surface area contributed by atoms with Crippen molar-refractivity contribution < 1.29 is 22.8 Å². The third-order valence-corrected chi connectivity index (χ3v) is 4.65. The molecule has 0 saturated heterocycles. The molecule has 26 heavy (non-hydrogen) atoms. The fraction of sp³-hybridized carbons (Fsp3) is 0.176. The van der Waals surface area contributed by atoms with Crippen LogP contribution in [0.2, 0.25) is 0 Å². The molecular weight excluding hydrogens is 367 g/mol. The predicted octanol–water partition coefficient (Wildman–Crippen LogP) is 3.87. The molecule has 0 unspecified atom stereocenters. The van der Waals surface area contributed by atoms with E-state index in [1.165, 1.54) is 25.5 Å². The zero-order valence-electron chi connectivity index (χ0n) is 13.6. The number of ketones is 2. The number of rotatable bonds is 3. The van der Waals surface area contributed by atoms with Crippen LogP contribution in [0, 0.1) is 6.92 Å². The van der Waals surface area contributed by atoms with Gasteiger partial charge in [0, 0.05) is 11.9 Å². The molecule has 0 aliphatic heterocycles. The minimum Gasteiger partial charge on any atom is -0.351 e. The number of hydrogen-bond acceptors (Lipinski definition) is 6. The summed E-state index contributed by atoms with van der Waals surface area (Å²) < 4.78 is 38.4. The molecule has 1 aliphatic rings. The highest BCUT2D eigenvalue weighted by atomic mass is 32.2. The van der Waals surface area contributed by atoms with Crippen LogP contribution >= 0.6 is 11.8 Å². The smallest absolute Gasteiger partial charge is 0.351 e. The lowest BCUT2D eigenvalue weighted by molar-refractivity contribution is -0.137. The second kappa shape index (κ2) is 6.56. The lowest BCUT2D eigenvalue weighted by Gasteiger charge is -2.21. The maximum atomic E-state index is 12.8. The normalized spacial score (nSPS) is 14.5. The Labute approximate surface area is 150 Å². The van der Waals surface area contributed by atoms with Gasteiger partial charge >= 0.3 is 6.18 Å². The zero-order valence-corrected chi connectivity index (χ0v) is 14.5. The summed E-state index contributed by atoms with van der Waals surface area (Å²) in [7, 11) is 0. The molecule has 5 nitrogen and oxygen atoms in total. The van der Waals surface area contributed by atoms with E-state index in [2.05, 4.69) is 15.3 Å². The van der Waals surface area contributed by atoms with Gasteiger partial charge in [-0.15, -0.1) is 11.8 Å². The van der Waals surface area contributed by atoms with Crippen molar-refractivity contribution in [3.05, 3.63) is 63.7 Å². The van der Waals surface area contributed by atoms with Gasteiger partial charge in [-0.25, -0.2) is 9.97 Å². The van der Waals surface area contributed by atoms with Gasteiger partial charge in [0.25, 0.3) is 0 Å². The van der Waals surface area contributed by atoms with Crippen molar-refractivity contribution in [2.24, 2.45) is 0 Å². The summed E-state index contributed by atoms with van der Waals surface area (Å²) in [5.41, 5.74) is -0.104. The summed E-state index contributed by atoms with van der Waals surface area (Å²) >= 11 is 1.07. The lowest BCUT2D eigenvalue weighted by atomic mass is 9.97. The van der Waals surface area contributed by atoms with Crippen molar-refractivity contribution in [3.8, 4) is 0 Å². The van der Waals surface area contributed by atoms with E-state index < -0.39 is 23.3 Å². The average molecular weight is 379 g/mol. The van der Waals surface area contributed by atoms with Gasteiger partial charge in [0.1, 0.15) is 17.7 Å². The number of halogens is 3. The number of carbonyl (C=O) groups excluding carboxylic acids is 2. The summed E-state index contributed by atoms with van der Waals surface area (Å²) in [4.78, 5) is 33.1. The molecule has 1 aliphatic carbocycles. The number of alkyl halides is 3. The minimum absolute atomic E-state index is 0.00709. The summed E-state index contributed by atoms with van der Waals surface area (Å²) in [6.45, 7) is 1.49. The Bertz CT molecular complexity index is 955. The van der Waals surface area contributed by atoms with Crippen LogP contribution in [-0.2, 0) is 6.18 Å². The second-order valence-corrected chi connectivity index (χ2v) is 6.32. The quantitative estimate of drug-likeness (QED) is 0.873. The van der Waals surface area contributed by atoms with Crippen molar-refractivity contribution in [1.29, 1.82) is 0 Å². The van der Waals surface area contributed by atoms with Crippen molar-refractivity contribution >= 4 is 29.0 Å². The van der Waals surface area contributed by atoms with Gasteiger partial charge in [0.15, 0.2) is 0 Å². The molecular formula is C17H12F3N3O2S. The first-order valence-electron chi connectivity index (χ1n) is 7.36. The number of fused-ring (bicyclic) bond motifs is 1. The van der Waals surface area contributed by atoms with Gasteiger partial charge in [-0.1, -0.05) is 0 Å². The topological polar surface area (TPSA) is 72.0 Å². The van der Waals surface area contributed by atoms with Crippen LogP contribution in [0.3, 0.4) is 0 Å². The Morgan fingerprint density at radius 2 is 1.88 bits per heavy atom. The van der Waals surface area contributed by atoms with Gasteiger partial charge < -0.3 is 5.32 Å². The van der Waals surface area contributed by atoms with Gasteiger partial charge in [0.2, 0.25) is 11.6 Å². The van der Waals surface area contributed by atoms with E-state index in [1.807, 2.05) is 0 Å². The van der Waals surface area contributed by atoms with Crippen molar-refractivity contribution in [3.63, 3.8) is 0 Å². The Balaban J connectivity index is 2.04. The maximum Gasteiger partial charge on any atom is 0.416 e. The SMILES string of the molecule is CSC1=C(Nc2ccc(C(F)(F)F)cc2C)C(=O)c2cncnc2C1=O. The van der Waals surface area contributed by atoms with Gasteiger partial charge in [-0.3, -0.25) is 9.59 Å². The van der Waals surface area contributed by atoms with Crippen LogP contribution in [0.5, 0.6) is 0 Å². The number of thioether (sulfide) groups is 1. The number of carbonyl (C=O) groups is 2. The Morgan fingerprint density at radius 3 is 2.50 bits per heavy atom. The largest absolute Gasteiger partial charge is 0.416 e. The van der Waals surface area contributed by atoms with Crippen LogP contribution in [0.25, 0.3) is 0 Å². The van der Waals surface area contributed by atoms with Crippen molar-refractivity contribution in [1.82, 2.24) is 9.97 Å². The molecule has 3 rings (SSSR count). The first-order chi connectivity index (χ1) is 12.2. The summed E-state index contributed by atoms with van der Waals surface area (Å²) in [5.74, 6) is -0.912. The molecule has 134 valence electrons. The number of aromatic nitrogens is 2. The standard InChI is InChI=1S/C17H12F3N3O2S/c1-8-5-9(17(18,19)20)3-4-11(8)23-13-14(24)10-6-21-7-22-12(10)15(25)16(13)26-2/h3-7,23H,1-2H3. The van der Waals surface area contributed by atoms with Crippen molar-refractivity contribution in [2.75, 3.05) is 11.6 Å². The number of nitrogens with zero attached hydrogens (tertiary/aromatic N) is 2. The number of nitrogens with one attached hydrogen (secondary N) is 1. The fourth-order valence-corrected chi connectivity index (χ4v) is 3.19. The third kappa shape index (κ3) is 3.10. The molecule has 1 heterocycles. The third-order valence-electron chi connectivity index (χ3n) is 3.85. The predicted molar refractivity (Wildman–Crippen MR) is 91.0 cm³/mol. The number of Topliss-reactive ketones (excluding diaryl/α,β-unsaturated/α-hetero) is 2. The van der Waals surface area contributed by atoms with Gasteiger partial charge in [0.05, 0.1) is 16.0 Å². The molecule has 0 atom stereocenters. The number of allylic oxidation sites excluding steroid dienone is 2. The molecule has 1 N–H and O–H groups in total. The van der Waals surface area contributed by atoms with E-state index in [4.69, 9.17) is 0 Å². The molecule has 0 amide bonds. The van der Waals surface area contributed by atoms with E-state index in [0.29, 0.717) is 11.3 Å². The highest BCUT2D eigenvalue weighted by molar-refractivity contribution is 8.03. The van der Waals surface area contributed by atoms with Gasteiger partial charge in [-0.05, 0) is 36.9 Å². The Kier molecular flexibility index (Phi) is 4.57. The molecule has 1 aromatic heterocycles. The van der Waals surface area contributed by atoms with Crippen LogP contribution in [0.15, 0.2) is 41.3 Å². The summed E-state index contributed by atoms with van der Waals surface area (Å²) in [5, 5.41) is 2.82. The number of hydrogen-bond donors (Lipinski definition) is 1. The molecule has 0 spiro atoms. The summed E-state index contributed by atoms with van der Waals surface area (Å²) in [6, 6.07) is 3.13. The van der Waals surface area contributed by atoms with Crippen LogP contribution in [-0.4, -0.2) is 27.8 Å². The maximum absolute atomic E-state index is 12.8. The minimum atomic E-state index is -4.46. The average Bonchev–Trinajstić information content (AvgIpc) is 2.60. The van der Waals surface area contributed by atoms with E-state index in [9.17, 15) is 22.8 Å². The molecule has 1 aromatic carbocycles. The van der Waals surface area contributed by atoms with E-state index in [0.717, 1.165) is 23.9 Å². The van der Waals surface area contributed by atoms with Crippen molar-refractivity contribution in [2.45, 2.75) is 13.1 Å². The number of benzene rings is 1. The second-order valence-electron chi connectivity index (χ2n) is 5.50. The molecule has 0 bridgehead atoms. The van der Waals surface area contributed by atoms with Crippen LogP contribution in [0.1, 0.15) is 32.0 Å². The first-order valence-corrected chi connectivity index (χ1v) is 8.59. The molecule has 0 fully saturated rings. The van der Waals surface area contributed by atoms with E-state index >= 15 is 0 Å². The summed E-state index contributed by atoms with van der Waals surface area (Å²) in [6.07, 6.45) is -0.394. The van der Waals surface area contributed by atoms with E-state index in [1.54, 1.807) is 6.26 Å². The van der Waals surface area contributed by atoms with Gasteiger partial charge in [-0.2, -0.15) is 13.2 Å². The number of aryl methyl sites for hydroxylation is 1. The molecule has 2 aromatic rings. The Hall–Kier alpha value is -2.68. The highest BCUT2D eigenvalue weighted by Gasteiger charge is 2.34. The van der Waals surface area contributed by atoms with E-state index in [-0.39, 0.29) is 21.9 Å². The number of anilines is 1. The molecule has 0 radical (unpaired) electrons. The first kappa shape index (κ1) is 18.1. The monoisotopic (exact) mass is 379 g/mol. The van der Waals surface area contributed by atoms with Crippen LogP contribution in [0.4, 0.5) is 18.9 Å².